The Balaban J connectivity index is 1.54. The van der Waals surface area contributed by atoms with Crippen molar-refractivity contribution in [2.75, 3.05) is 46.4 Å². The minimum absolute atomic E-state index is 0.00385. The number of nitrogens with two attached hydrogens (primary N) is 3. The summed E-state index contributed by atoms with van der Waals surface area (Å²) in [5, 5.41) is 20.0. The van der Waals surface area contributed by atoms with Crippen molar-refractivity contribution in [2.24, 2.45) is 17.2 Å². The molecule has 67 heavy (non-hydrogen) atoms. The molecule has 5 amide bonds. The molecule has 1 heterocycles. The molecule has 1 aliphatic heterocycles. The maximum absolute atomic E-state index is 14.7. The molecule has 0 fully saturated rings. The van der Waals surface area contributed by atoms with E-state index in [9.17, 15) is 29.2 Å². The van der Waals surface area contributed by atoms with E-state index in [4.69, 9.17) is 31.4 Å². The van der Waals surface area contributed by atoms with Crippen molar-refractivity contribution in [3.8, 4) is 40.2 Å². The van der Waals surface area contributed by atoms with Crippen LogP contribution in [-0.4, -0.2) is 99.0 Å². The number of likely N-dealkylation sites (N-methyl/N-ethyl adjacent to an activating group) is 1. The lowest BCUT2D eigenvalue weighted by molar-refractivity contribution is -0.141. The van der Waals surface area contributed by atoms with E-state index in [0.29, 0.717) is 56.4 Å². The Bertz CT molecular complexity index is 2480. The molecule has 10 N–H and O–H groups in total. The summed E-state index contributed by atoms with van der Waals surface area (Å²) in [7, 11) is 1.43. The third kappa shape index (κ3) is 12.7. The number of nitrogens with one attached hydrogen (secondary N) is 4. The second-order valence-corrected chi connectivity index (χ2v) is 17.4. The molecule has 1 unspecified atom stereocenters. The van der Waals surface area contributed by atoms with Gasteiger partial charge in [-0.25, -0.2) is 0 Å². The van der Waals surface area contributed by atoms with Crippen LogP contribution in [0.2, 0.25) is 0 Å². The van der Waals surface area contributed by atoms with Gasteiger partial charge in [0.25, 0.3) is 5.91 Å². The number of benzene rings is 4. The van der Waals surface area contributed by atoms with Crippen LogP contribution in [-0.2, 0) is 31.0 Å². The summed E-state index contributed by atoms with van der Waals surface area (Å²) in [5.74, 6) is -1.25. The van der Waals surface area contributed by atoms with Crippen LogP contribution >= 0.6 is 0 Å². The Morgan fingerprint density at radius 1 is 0.836 bits per heavy atom. The fourth-order valence-electron chi connectivity index (χ4n) is 7.67. The number of carbonyl (C=O) groups excluding carboxylic acids is 5. The molecule has 4 aromatic rings. The third-order valence-corrected chi connectivity index (χ3v) is 11.5. The van der Waals surface area contributed by atoms with Crippen molar-refractivity contribution in [3.05, 3.63) is 106 Å². The van der Waals surface area contributed by atoms with E-state index >= 15 is 0 Å². The van der Waals surface area contributed by atoms with Gasteiger partial charge in [0.05, 0.1) is 6.07 Å². The number of nitrogens with zero attached hydrogens (tertiary/aromatic N) is 2. The molecule has 0 saturated carbocycles. The van der Waals surface area contributed by atoms with Gasteiger partial charge in [-0.05, 0) is 115 Å². The summed E-state index contributed by atoms with van der Waals surface area (Å²) in [5.41, 5.74) is 22.4. The highest BCUT2D eigenvalue weighted by atomic mass is 16.5. The van der Waals surface area contributed by atoms with Crippen molar-refractivity contribution >= 4 is 29.5 Å². The highest BCUT2D eigenvalue weighted by Gasteiger charge is 2.36. The molecule has 0 radical (unpaired) electrons. The maximum atomic E-state index is 14.7. The first kappa shape index (κ1) is 51.0. The molecule has 17 nitrogen and oxygen atoms in total. The predicted molar refractivity (Wildman–Crippen MR) is 254 cm³/mol. The number of hydrogen-bond acceptors (Lipinski definition) is 12. The fourth-order valence-corrected chi connectivity index (χ4v) is 7.67. The lowest BCUT2D eigenvalue weighted by Crippen LogP contribution is -2.56. The van der Waals surface area contributed by atoms with Crippen LogP contribution in [0.1, 0.15) is 78.3 Å². The van der Waals surface area contributed by atoms with E-state index in [1.54, 1.807) is 55.5 Å². The minimum Gasteiger partial charge on any atom is -0.492 e. The molecule has 5 rings (SSSR count). The van der Waals surface area contributed by atoms with Crippen LogP contribution in [0.3, 0.4) is 0 Å². The Hall–Kier alpha value is -7.00. The second-order valence-electron chi connectivity index (χ2n) is 17.4. The predicted octanol–water partition coefficient (Wildman–Crippen LogP) is 3.57. The molecule has 356 valence electrons. The van der Waals surface area contributed by atoms with Crippen LogP contribution in [0.4, 0.5) is 0 Å². The highest BCUT2D eigenvalue weighted by molar-refractivity contribution is 6.00. The fraction of sp³-hybridized carbons (Fsp3) is 0.400. The van der Waals surface area contributed by atoms with Crippen molar-refractivity contribution in [1.82, 2.24) is 26.2 Å². The Morgan fingerprint density at radius 2 is 1.46 bits per heavy atom. The number of fused-ring (bicyclic) bond motifs is 5. The molecule has 4 bridgehead atoms. The molecular formula is C50H63N9O8. The SMILES string of the molecule is Cc1c(Oc2ccc(C(C)(C)C)cc2)ccc(C(=O)NC(CCN)C(=O)N(C)[C@@H]2C(=O)N[C@@H](C)C(=O)N[C@H](C(=O)NCC#N)Cc3ccc(OCCN)c(c3)-c3cc2ccc3OCCN)c1C. The summed E-state index contributed by atoms with van der Waals surface area (Å²) in [4.78, 5) is 71.7. The first-order valence-electron chi connectivity index (χ1n) is 22.3. The largest absolute Gasteiger partial charge is 0.492 e. The lowest BCUT2D eigenvalue weighted by Gasteiger charge is -2.32. The van der Waals surface area contributed by atoms with Gasteiger partial charge in [-0.15, -0.1) is 0 Å². The second kappa shape index (κ2) is 22.9. The van der Waals surface area contributed by atoms with E-state index < -0.39 is 53.7 Å². The van der Waals surface area contributed by atoms with E-state index in [1.165, 1.54) is 18.9 Å². The molecule has 0 saturated heterocycles. The quantitative estimate of drug-likeness (QED) is 0.0796. The number of hydrogen-bond donors (Lipinski definition) is 7. The molecule has 0 spiro atoms. The van der Waals surface area contributed by atoms with Crippen LogP contribution in [0.5, 0.6) is 23.0 Å². The summed E-state index contributed by atoms with van der Waals surface area (Å²) in [6.45, 7) is 11.9. The zero-order valence-electron chi connectivity index (χ0n) is 39.3. The van der Waals surface area contributed by atoms with E-state index in [2.05, 4.69) is 42.0 Å². The molecule has 17 heteroatoms. The van der Waals surface area contributed by atoms with Crippen molar-refractivity contribution in [2.45, 2.75) is 84.0 Å². The average molecular weight is 918 g/mol. The zero-order chi connectivity index (χ0) is 49.0. The number of carbonyl (C=O) groups is 5. The van der Waals surface area contributed by atoms with Crippen LogP contribution in [0.25, 0.3) is 11.1 Å². The maximum Gasteiger partial charge on any atom is 0.252 e. The first-order chi connectivity index (χ1) is 31.9. The topological polar surface area (TPSA) is 266 Å². The normalized spacial score (nSPS) is 16.5. The van der Waals surface area contributed by atoms with Gasteiger partial charge in [0.1, 0.15) is 66.9 Å². The van der Waals surface area contributed by atoms with E-state index in [-0.39, 0.29) is 57.6 Å². The number of rotatable bonds is 16. The number of nitriles is 1. The lowest BCUT2D eigenvalue weighted by atomic mass is 9.87. The van der Waals surface area contributed by atoms with Crippen molar-refractivity contribution in [3.63, 3.8) is 0 Å². The summed E-state index contributed by atoms with van der Waals surface area (Å²) >= 11 is 0. The average Bonchev–Trinajstić information content (AvgIpc) is 3.30. The number of ether oxygens (including phenoxy) is 3. The van der Waals surface area contributed by atoms with Gasteiger partial charge in [0.2, 0.25) is 23.6 Å². The van der Waals surface area contributed by atoms with E-state index in [1.807, 2.05) is 37.3 Å². The van der Waals surface area contributed by atoms with Gasteiger partial charge in [-0.1, -0.05) is 45.0 Å². The Labute approximate surface area is 392 Å². The molecule has 1 aliphatic rings. The summed E-state index contributed by atoms with van der Waals surface area (Å²) < 4.78 is 18.4. The molecule has 4 aromatic carbocycles. The van der Waals surface area contributed by atoms with Crippen LogP contribution in [0, 0.1) is 25.2 Å². The molecule has 4 atom stereocenters. The zero-order valence-corrected chi connectivity index (χ0v) is 39.3. The molecule has 0 aromatic heterocycles. The van der Waals surface area contributed by atoms with Crippen molar-refractivity contribution < 1.29 is 38.2 Å². The minimum atomic E-state index is -1.39. The van der Waals surface area contributed by atoms with Gasteiger partial charge in [0.15, 0.2) is 0 Å². The van der Waals surface area contributed by atoms with Crippen LogP contribution < -0.4 is 52.7 Å². The highest BCUT2D eigenvalue weighted by Crippen LogP contribution is 2.40. The van der Waals surface area contributed by atoms with Gasteiger partial charge in [0, 0.05) is 43.2 Å². The van der Waals surface area contributed by atoms with E-state index in [0.717, 1.165) is 11.1 Å². The smallest absolute Gasteiger partial charge is 0.252 e. The number of amides is 5. The van der Waals surface area contributed by atoms with Gasteiger partial charge >= 0.3 is 0 Å². The van der Waals surface area contributed by atoms with Gasteiger partial charge < -0.3 is 57.6 Å². The Morgan fingerprint density at radius 3 is 2.07 bits per heavy atom. The van der Waals surface area contributed by atoms with Crippen LogP contribution in [0.15, 0.2) is 72.8 Å². The van der Waals surface area contributed by atoms with Gasteiger partial charge in [-0.3, -0.25) is 24.0 Å². The van der Waals surface area contributed by atoms with Crippen molar-refractivity contribution in [1.29, 1.82) is 5.26 Å². The standard InChI is InChI=1S/C50H63N9O8/c1-29-30(2)41(67-35-12-10-34(11-13-35)50(4,5)6)17-14-36(29)46(61)57-39(18-19-51)49(64)59(7)44-33-9-16-43(66-25-22-54)38(28-33)37-26-32(8-15-42(37)65-24-21-53)27-40(47(62)55-23-20-52)58-45(60)31(3)56-48(44)63/h8-17,26,28,31,39-40,44H,18-19,21-25,27,51,53-54H2,1-7H3,(H,55,62)(H,56,63)(H,57,61)(H,58,60)/t31-,39?,40-,44-/m0/s1. The van der Waals surface area contributed by atoms with Gasteiger partial charge in [-0.2, -0.15) is 5.26 Å². The first-order valence-corrected chi connectivity index (χ1v) is 22.3. The summed E-state index contributed by atoms with van der Waals surface area (Å²) in [6.07, 6.45) is 0.0245. The molecular weight excluding hydrogens is 855 g/mol. The monoisotopic (exact) mass is 917 g/mol. The third-order valence-electron chi connectivity index (χ3n) is 11.5. The summed E-state index contributed by atoms with van der Waals surface area (Å²) in [6, 6.07) is 18.3. The Kier molecular flexibility index (Phi) is 17.5. The molecule has 0 aliphatic carbocycles.